The van der Waals surface area contributed by atoms with Crippen molar-refractivity contribution in [3.05, 3.63) is 0 Å². The standard InChI is InChI=1S/C13H27N3O/c1-12(2)17-10-9-15-5-7-16(8-6-15)13-3-4-14-11-13/h12-14H,3-11H2,1-2H3. The van der Waals surface area contributed by atoms with E-state index in [2.05, 4.69) is 29.0 Å². The van der Waals surface area contributed by atoms with Gasteiger partial charge in [0.05, 0.1) is 12.7 Å². The van der Waals surface area contributed by atoms with Crippen LogP contribution in [0.2, 0.25) is 0 Å². The molecule has 1 N–H and O–H groups in total. The Morgan fingerprint density at radius 2 is 2.00 bits per heavy atom. The summed E-state index contributed by atoms with van der Waals surface area (Å²) >= 11 is 0. The van der Waals surface area contributed by atoms with E-state index in [9.17, 15) is 0 Å². The molecule has 1 atom stereocenters. The summed E-state index contributed by atoms with van der Waals surface area (Å²) in [5.74, 6) is 0. The molecule has 4 nitrogen and oxygen atoms in total. The maximum absolute atomic E-state index is 5.61. The van der Waals surface area contributed by atoms with Crippen LogP contribution in [0.5, 0.6) is 0 Å². The molecular formula is C13H27N3O. The average Bonchev–Trinajstić information content (AvgIpc) is 2.83. The molecule has 0 amide bonds. The first kappa shape index (κ1) is 13.3. The number of piperazine rings is 1. The van der Waals surface area contributed by atoms with Crippen molar-refractivity contribution in [1.29, 1.82) is 0 Å². The van der Waals surface area contributed by atoms with Crippen molar-refractivity contribution < 1.29 is 4.74 Å². The van der Waals surface area contributed by atoms with E-state index in [1.54, 1.807) is 0 Å². The number of ether oxygens (including phenoxy) is 1. The molecule has 2 rings (SSSR count). The normalized spacial score (nSPS) is 28.1. The topological polar surface area (TPSA) is 27.7 Å². The van der Waals surface area contributed by atoms with Crippen LogP contribution in [-0.4, -0.2) is 74.4 Å². The van der Waals surface area contributed by atoms with Gasteiger partial charge in [0.25, 0.3) is 0 Å². The van der Waals surface area contributed by atoms with E-state index in [1.165, 1.54) is 45.7 Å². The van der Waals surface area contributed by atoms with Gasteiger partial charge < -0.3 is 10.1 Å². The lowest BCUT2D eigenvalue weighted by Gasteiger charge is -2.37. The van der Waals surface area contributed by atoms with Crippen LogP contribution < -0.4 is 5.32 Å². The summed E-state index contributed by atoms with van der Waals surface area (Å²) in [7, 11) is 0. The van der Waals surface area contributed by atoms with Crippen LogP contribution in [0.3, 0.4) is 0 Å². The Morgan fingerprint density at radius 1 is 1.24 bits per heavy atom. The highest BCUT2D eigenvalue weighted by atomic mass is 16.5. The molecule has 17 heavy (non-hydrogen) atoms. The SMILES string of the molecule is CC(C)OCCN1CCN(C2CCNC2)CC1. The summed E-state index contributed by atoms with van der Waals surface area (Å²) in [5, 5.41) is 3.45. The number of hydrogen-bond donors (Lipinski definition) is 1. The maximum Gasteiger partial charge on any atom is 0.0596 e. The van der Waals surface area contributed by atoms with Gasteiger partial charge >= 0.3 is 0 Å². The van der Waals surface area contributed by atoms with E-state index in [1.807, 2.05) is 0 Å². The van der Waals surface area contributed by atoms with E-state index >= 15 is 0 Å². The molecule has 0 spiro atoms. The fourth-order valence-electron chi connectivity index (χ4n) is 2.72. The van der Waals surface area contributed by atoms with Crippen molar-refractivity contribution in [2.75, 3.05) is 52.4 Å². The van der Waals surface area contributed by atoms with Crippen LogP contribution in [0.1, 0.15) is 20.3 Å². The number of rotatable bonds is 5. The van der Waals surface area contributed by atoms with Gasteiger partial charge in [-0.3, -0.25) is 9.80 Å². The van der Waals surface area contributed by atoms with E-state index in [-0.39, 0.29) is 0 Å². The smallest absolute Gasteiger partial charge is 0.0596 e. The van der Waals surface area contributed by atoms with Gasteiger partial charge in [0.1, 0.15) is 0 Å². The van der Waals surface area contributed by atoms with Gasteiger partial charge in [0, 0.05) is 45.3 Å². The molecule has 0 aromatic heterocycles. The molecule has 4 heteroatoms. The Labute approximate surface area is 105 Å². The van der Waals surface area contributed by atoms with Crippen LogP contribution in [0.25, 0.3) is 0 Å². The lowest BCUT2D eigenvalue weighted by Crippen LogP contribution is -2.51. The lowest BCUT2D eigenvalue weighted by molar-refractivity contribution is 0.0391. The summed E-state index contributed by atoms with van der Waals surface area (Å²) in [4.78, 5) is 5.18. The van der Waals surface area contributed by atoms with Crippen molar-refractivity contribution in [1.82, 2.24) is 15.1 Å². The average molecular weight is 241 g/mol. The summed E-state index contributed by atoms with van der Waals surface area (Å²) in [5.41, 5.74) is 0. The van der Waals surface area contributed by atoms with Gasteiger partial charge in [-0.2, -0.15) is 0 Å². The van der Waals surface area contributed by atoms with E-state index in [0.29, 0.717) is 6.10 Å². The first-order valence-corrected chi connectivity index (χ1v) is 7.04. The zero-order chi connectivity index (χ0) is 12.1. The fraction of sp³-hybridized carbons (Fsp3) is 1.00. The summed E-state index contributed by atoms with van der Waals surface area (Å²) in [6, 6.07) is 0.795. The zero-order valence-electron chi connectivity index (χ0n) is 11.3. The highest BCUT2D eigenvalue weighted by molar-refractivity contribution is 4.84. The molecule has 2 saturated heterocycles. The Balaban J connectivity index is 1.60. The monoisotopic (exact) mass is 241 g/mol. The fourth-order valence-corrected chi connectivity index (χ4v) is 2.72. The van der Waals surface area contributed by atoms with Gasteiger partial charge in [0.2, 0.25) is 0 Å². The van der Waals surface area contributed by atoms with Gasteiger partial charge in [0.15, 0.2) is 0 Å². The molecule has 1 unspecified atom stereocenters. The lowest BCUT2D eigenvalue weighted by atomic mass is 10.2. The largest absolute Gasteiger partial charge is 0.377 e. The Hall–Kier alpha value is -0.160. The maximum atomic E-state index is 5.61. The minimum atomic E-state index is 0.362. The van der Waals surface area contributed by atoms with Gasteiger partial charge in [-0.05, 0) is 26.8 Å². The molecule has 0 radical (unpaired) electrons. The summed E-state index contributed by atoms with van der Waals surface area (Å²) in [6.45, 7) is 13.4. The molecule has 0 saturated carbocycles. The summed E-state index contributed by atoms with van der Waals surface area (Å²) < 4.78 is 5.61. The van der Waals surface area contributed by atoms with Crippen LogP contribution in [0, 0.1) is 0 Å². The first-order valence-electron chi connectivity index (χ1n) is 7.04. The predicted octanol–water partition coefficient (Wildman–Crippen LogP) is 0.391. The quantitative estimate of drug-likeness (QED) is 0.754. The molecule has 2 aliphatic heterocycles. The van der Waals surface area contributed by atoms with Crippen molar-refractivity contribution in [3.8, 4) is 0 Å². The third-order valence-corrected chi connectivity index (χ3v) is 3.82. The second-order valence-electron chi connectivity index (χ2n) is 5.44. The van der Waals surface area contributed by atoms with E-state index in [0.717, 1.165) is 19.2 Å². The molecule has 2 fully saturated rings. The molecular weight excluding hydrogens is 214 g/mol. The van der Waals surface area contributed by atoms with E-state index in [4.69, 9.17) is 4.74 Å². The van der Waals surface area contributed by atoms with Crippen molar-refractivity contribution in [3.63, 3.8) is 0 Å². The highest BCUT2D eigenvalue weighted by Crippen LogP contribution is 2.11. The molecule has 0 aromatic carbocycles. The van der Waals surface area contributed by atoms with Crippen molar-refractivity contribution >= 4 is 0 Å². The Bertz CT molecular complexity index is 209. The van der Waals surface area contributed by atoms with Crippen LogP contribution in [-0.2, 0) is 4.74 Å². The predicted molar refractivity (Wildman–Crippen MR) is 70.4 cm³/mol. The Kier molecular flexibility index (Phi) is 5.22. The molecule has 0 aromatic rings. The molecule has 2 heterocycles. The van der Waals surface area contributed by atoms with Gasteiger partial charge in [-0.1, -0.05) is 0 Å². The third-order valence-electron chi connectivity index (χ3n) is 3.82. The third kappa shape index (κ3) is 4.21. The van der Waals surface area contributed by atoms with E-state index < -0.39 is 0 Å². The second kappa shape index (κ2) is 6.69. The number of nitrogens with zero attached hydrogens (tertiary/aromatic N) is 2. The van der Waals surface area contributed by atoms with Gasteiger partial charge in [-0.25, -0.2) is 0 Å². The van der Waals surface area contributed by atoms with Crippen LogP contribution >= 0.6 is 0 Å². The van der Waals surface area contributed by atoms with Crippen molar-refractivity contribution in [2.45, 2.75) is 32.4 Å². The highest BCUT2D eigenvalue weighted by Gasteiger charge is 2.25. The van der Waals surface area contributed by atoms with Crippen LogP contribution in [0.15, 0.2) is 0 Å². The first-order chi connectivity index (χ1) is 8.25. The van der Waals surface area contributed by atoms with Crippen molar-refractivity contribution in [2.24, 2.45) is 0 Å². The number of hydrogen-bond acceptors (Lipinski definition) is 4. The minimum Gasteiger partial charge on any atom is -0.377 e. The molecule has 100 valence electrons. The minimum absolute atomic E-state index is 0.362. The molecule has 0 bridgehead atoms. The molecule has 2 aliphatic rings. The van der Waals surface area contributed by atoms with Gasteiger partial charge in [-0.15, -0.1) is 0 Å². The molecule has 0 aliphatic carbocycles. The van der Waals surface area contributed by atoms with Crippen LogP contribution in [0.4, 0.5) is 0 Å². The zero-order valence-corrected chi connectivity index (χ0v) is 11.3. The summed E-state index contributed by atoms with van der Waals surface area (Å²) in [6.07, 6.45) is 1.69. The number of nitrogens with one attached hydrogen (secondary N) is 1. The Morgan fingerprint density at radius 3 is 2.59 bits per heavy atom. The second-order valence-corrected chi connectivity index (χ2v) is 5.44.